The van der Waals surface area contributed by atoms with Crippen molar-refractivity contribution >= 4 is 11.9 Å². The second-order valence-electron chi connectivity index (χ2n) is 4.85. The number of amides is 1. The summed E-state index contributed by atoms with van der Waals surface area (Å²) in [5, 5.41) is 2.48. The molecule has 0 radical (unpaired) electrons. The van der Waals surface area contributed by atoms with Crippen LogP contribution in [0.25, 0.3) is 0 Å². The van der Waals surface area contributed by atoms with Crippen LogP contribution in [0.15, 0.2) is 48.5 Å². The van der Waals surface area contributed by atoms with E-state index in [-0.39, 0.29) is 17.5 Å². The van der Waals surface area contributed by atoms with Gasteiger partial charge in [-0.05, 0) is 35.9 Å². The third-order valence-electron chi connectivity index (χ3n) is 3.28. The fourth-order valence-corrected chi connectivity index (χ4v) is 2.06. The number of benzene rings is 2. The van der Waals surface area contributed by atoms with Crippen LogP contribution >= 0.6 is 0 Å². The van der Waals surface area contributed by atoms with E-state index in [0.29, 0.717) is 0 Å². The SMILES string of the molecule is COC(=O)[C@H](Cc1ccccc1F)NC(=O)c1ccc(F)cc1. The Labute approximate surface area is 132 Å². The van der Waals surface area contributed by atoms with E-state index in [2.05, 4.69) is 10.1 Å². The van der Waals surface area contributed by atoms with Crippen molar-refractivity contribution in [2.24, 2.45) is 0 Å². The Kier molecular flexibility index (Phi) is 5.41. The molecule has 0 aromatic heterocycles. The predicted octanol–water partition coefficient (Wildman–Crippen LogP) is 2.48. The summed E-state index contributed by atoms with van der Waals surface area (Å²) in [4.78, 5) is 24.0. The number of hydrogen-bond acceptors (Lipinski definition) is 3. The van der Waals surface area contributed by atoms with Gasteiger partial charge in [-0.2, -0.15) is 0 Å². The van der Waals surface area contributed by atoms with Gasteiger partial charge in [0.2, 0.25) is 0 Å². The predicted molar refractivity (Wildman–Crippen MR) is 79.8 cm³/mol. The van der Waals surface area contributed by atoms with Crippen molar-refractivity contribution in [2.45, 2.75) is 12.5 Å². The second-order valence-corrected chi connectivity index (χ2v) is 4.85. The molecule has 4 nitrogen and oxygen atoms in total. The highest BCUT2D eigenvalue weighted by Gasteiger charge is 2.23. The van der Waals surface area contributed by atoms with E-state index < -0.39 is 29.6 Å². The van der Waals surface area contributed by atoms with E-state index in [4.69, 9.17) is 0 Å². The first-order chi connectivity index (χ1) is 11.0. The van der Waals surface area contributed by atoms with Crippen LogP contribution in [0.2, 0.25) is 0 Å². The molecule has 0 fully saturated rings. The zero-order valence-corrected chi connectivity index (χ0v) is 12.4. The summed E-state index contributed by atoms with van der Waals surface area (Å²) in [6.45, 7) is 0. The molecule has 0 aliphatic carbocycles. The van der Waals surface area contributed by atoms with Gasteiger partial charge >= 0.3 is 5.97 Å². The average Bonchev–Trinajstić information content (AvgIpc) is 2.56. The average molecular weight is 319 g/mol. The van der Waals surface area contributed by atoms with Crippen LogP contribution in [0.4, 0.5) is 8.78 Å². The summed E-state index contributed by atoms with van der Waals surface area (Å²) in [7, 11) is 1.18. The van der Waals surface area contributed by atoms with Crippen molar-refractivity contribution < 1.29 is 23.1 Å². The fourth-order valence-electron chi connectivity index (χ4n) is 2.06. The molecule has 2 rings (SSSR count). The number of carbonyl (C=O) groups excluding carboxylic acids is 2. The maximum atomic E-state index is 13.7. The number of nitrogens with one attached hydrogen (secondary N) is 1. The van der Waals surface area contributed by atoms with Crippen molar-refractivity contribution in [1.29, 1.82) is 0 Å². The van der Waals surface area contributed by atoms with Crippen LogP contribution in [0, 0.1) is 11.6 Å². The monoisotopic (exact) mass is 319 g/mol. The summed E-state index contributed by atoms with van der Waals surface area (Å²) in [5.41, 5.74) is 0.469. The molecule has 0 unspecified atom stereocenters. The van der Waals surface area contributed by atoms with Gasteiger partial charge in [-0.1, -0.05) is 18.2 Å². The van der Waals surface area contributed by atoms with Gasteiger partial charge in [0.05, 0.1) is 7.11 Å². The van der Waals surface area contributed by atoms with Crippen LogP contribution in [0.3, 0.4) is 0 Å². The van der Waals surface area contributed by atoms with Crippen molar-refractivity contribution in [2.75, 3.05) is 7.11 Å². The highest BCUT2D eigenvalue weighted by Crippen LogP contribution is 2.11. The van der Waals surface area contributed by atoms with Gasteiger partial charge in [0, 0.05) is 12.0 Å². The first-order valence-corrected chi connectivity index (χ1v) is 6.89. The number of esters is 1. The number of carbonyl (C=O) groups is 2. The van der Waals surface area contributed by atoms with Crippen molar-refractivity contribution in [3.05, 3.63) is 71.3 Å². The molecule has 2 aromatic carbocycles. The lowest BCUT2D eigenvalue weighted by Gasteiger charge is -2.17. The zero-order chi connectivity index (χ0) is 16.8. The molecule has 1 amide bonds. The zero-order valence-electron chi connectivity index (χ0n) is 12.4. The molecule has 1 atom stereocenters. The van der Waals surface area contributed by atoms with Crippen LogP contribution < -0.4 is 5.32 Å². The maximum Gasteiger partial charge on any atom is 0.328 e. The van der Waals surface area contributed by atoms with E-state index in [1.165, 1.54) is 37.4 Å². The van der Waals surface area contributed by atoms with Gasteiger partial charge < -0.3 is 10.1 Å². The molecule has 0 saturated carbocycles. The summed E-state index contributed by atoms with van der Waals surface area (Å²) >= 11 is 0. The van der Waals surface area contributed by atoms with Gasteiger partial charge in [0.15, 0.2) is 0 Å². The summed E-state index contributed by atoms with van der Waals surface area (Å²) in [5.74, 6) is -2.21. The smallest absolute Gasteiger partial charge is 0.328 e. The van der Waals surface area contributed by atoms with E-state index in [9.17, 15) is 18.4 Å². The third-order valence-corrected chi connectivity index (χ3v) is 3.28. The molecule has 0 heterocycles. The minimum atomic E-state index is -1.05. The highest BCUT2D eigenvalue weighted by molar-refractivity contribution is 5.96. The van der Waals surface area contributed by atoms with Crippen molar-refractivity contribution in [3.63, 3.8) is 0 Å². The number of hydrogen-bond donors (Lipinski definition) is 1. The second kappa shape index (κ2) is 7.49. The molecule has 1 N–H and O–H groups in total. The molecule has 23 heavy (non-hydrogen) atoms. The minimum absolute atomic E-state index is 0.0493. The lowest BCUT2D eigenvalue weighted by atomic mass is 10.0. The molecule has 2 aromatic rings. The molecule has 0 saturated heterocycles. The Morgan fingerprint density at radius 1 is 1.09 bits per heavy atom. The molecule has 0 aliphatic heterocycles. The third kappa shape index (κ3) is 4.35. The lowest BCUT2D eigenvalue weighted by molar-refractivity contribution is -0.142. The van der Waals surface area contributed by atoms with E-state index in [1.807, 2.05) is 0 Å². The molecule has 0 spiro atoms. The fraction of sp³-hybridized carbons (Fsp3) is 0.176. The van der Waals surface area contributed by atoms with Crippen LogP contribution in [0.5, 0.6) is 0 Å². The summed E-state index contributed by atoms with van der Waals surface area (Å²) in [6.07, 6.45) is -0.0493. The van der Waals surface area contributed by atoms with Crippen LogP contribution in [-0.4, -0.2) is 25.0 Å². The van der Waals surface area contributed by atoms with Gasteiger partial charge in [-0.25, -0.2) is 13.6 Å². The van der Waals surface area contributed by atoms with E-state index in [1.54, 1.807) is 6.07 Å². The number of methoxy groups -OCH3 is 1. The molecule has 120 valence electrons. The van der Waals surface area contributed by atoms with Crippen molar-refractivity contribution in [3.8, 4) is 0 Å². The van der Waals surface area contributed by atoms with E-state index >= 15 is 0 Å². The van der Waals surface area contributed by atoms with Gasteiger partial charge in [-0.3, -0.25) is 4.79 Å². The standard InChI is InChI=1S/C17H15F2NO3/c1-23-17(22)15(10-12-4-2-3-5-14(12)19)20-16(21)11-6-8-13(18)9-7-11/h2-9,15H,10H2,1H3,(H,20,21)/t15-/m0/s1. The largest absolute Gasteiger partial charge is 0.467 e. The quantitative estimate of drug-likeness (QED) is 0.862. The first kappa shape index (κ1) is 16.6. The topological polar surface area (TPSA) is 55.4 Å². The van der Waals surface area contributed by atoms with Gasteiger partial charge in [0.1, 0.15) is 17.7 Å². The Balaban J connectivity index is 2.16. The normalized spacial score (nSPS) is 11.6. The Morgan fingerprint density at radius 3 is 2.35 bits per heavy atom. The molecular weight excluding hydrogens is 304 g/mol. The molecule has 6 heteroatoms. The number of rotatable bonds is 5. The minimum Gasteiger partial charge on any atom is -0.467 e. The Bertz CT molecular complexity index is 701. The molecule has 0 aliphatic rings. The Morgan fingerprint density at radius 2 is 1.74 bits per heavy atom. The van der Waals surface area contributed by atoms with Crippen molar-refractivity contribution in [1.82, 2.24) is 5.32 Å². The van der Waals surface area contributed by atoms with Crippen LogP contribution in [0.1, 0.15) is 15.9 Å². The number of ether oxygens (including phenoxy) is 1. The van der Waals surface area contributed by atoms with Gasteiger partial charge in [0.25, 0.3) is 5.91 Å². The Hall–Kier alpha value is -2.76. The lowest BCUT2D eigenvalue weighted by Crippen LogP contribution is -2.43. The van der Waals surface area contributed by atoms with Crippen LogP contribution in [-0.2, 0) is 16.0 Å². The molecule has 0 bridgehead atoms. The molecular formula is C17H15F2NO3. The number of halogens is 2. The summed E-state index contributed by atoms with van der Waals surface area (Å²) in [6, 6.07) is 9.77. The van der Waals surface area contributed by atoms with Gasteiger partial charge in [-0.15, -0.1) is 0 Å². The maximum absolute atomic E-state index is 13.7. The highest BCUT2D eigenvalue weighted by atomic mass is 19.1. The summed E-state index contributed by atoms with van der Waals surface area (Å²) < 4.78 is 31.2. The van der Waals surface area contributed by atoms with E-state index in [0.717, 1.165) is 12.1 Å². The first-order valence-electron chi connectivity index (χ1n) is 6.89.